The topological polar surface area (TPSA) is 29.5 Å². The van der Waals surface area contributed by atoms with Crippen LogP contribution in [0.4, 0.5) is 0 Å². The first-order valence-electron chi connectivity index (χ1n) is 6.16. The van der Waals surface area contributed by atoms with E-state index in [9.17, 15) is 4.79 Å². The molecule has 3 heterocycles. The molecule has 3 fully saturated rings. The van der Waals surface area contributed by atoms with Gasteiger partial charge in [-0.2, -0.15) is 0 Å². The van der Waals surface area contributed by atoms with Crippen LogP contribution in [0.25, 0.3) is 0 Å². The van der Waals surface area contributed by atoms with Gasteiger partial charge in [-0.3, -0.25) is 4.79 Å². The highest BCUT2D eigenvalue weighted by atomic mass is 16.5. The zero-order valence-corrected chi connectivity index (χ0v) is 9.37. The molecule has 3 rings (SSSR count). The average molecular weight is 209 g/mol. The van der Waals surface area contributed by atoms with Crippen molar-refractivity contribution in [3.63, 3.8) is 0 Å². The van der Waals surface area contributed by atoms with Crippen LogP contribution in [0, 0.1) is 5.92 Å². The molecular weight excluding hydrogens is 190 g/mol. The van der Waals surface area contributed by atoms with Gasteiger partial charge in [0.2, 0.25) is 0 Å². The average Bonchev–Trinajstić information content (AvgIpc) is 2.83. The first-order valence-corrected chi connectivity index (χ1v) is 6.16. The summed E-state index contributed by atoms with van der Waals surface area (Å²) >= 11 is 0. The fraction of sp³-hybridized carbons (Fsp3) is 0.917. The van der Waals surface area contributed by atoms with Gasteiger partial charge in [0.1, 0.15) is 6.10 Å². The Kier molecular flexibility index (Phi) is 2.15. The fourth-order valence-corrected chi connectivity index (χ4v) is 3.53. The number of ether oxygens (including phenoxy) is 1. The summed E-state index contributed by atoms with van der Waals surface area (Å²) in [6.45, 7) is 5.49. The molecule has 3 aliphatic rings. The number of Topliss-reactive ketones (excluding diaryl/α,β-unsaturated/α-hetero) is 1. The van der Waals surface area contributed by atoms with E-state index in [-0.39, 0.29) is 11.7 Å². The Hall–Kier alpha value is -0.410. The van der Waals surface area contributed by atoms with Crippen molar-refractivity contribution in [2.24, 2.45) is 5.92 Å². The van der Waals surface area contributed by atoms with Crippen LogP contribution in [-0.4, -0.2) is 42.0 Å². The van der Waals surface area contributed by atoms with E-state index in [0.29, 0.717) is 18.1 Å². The Labute approximate surface area is 90.8 Å². The smallest absolute Gasteiger partial charge is 0.164 e. The van der Waals surface area contributed by atoms with Crippen LogP contribution in [0.3, 0.4) is 0 Å². The van der Waals surface area contributed by atoms with Gasteiger partial charge in [-0.05, 0) is 19.4 Å². The van der Waals surface area contributed by atoms with Crippen LogP contribution in [0.15, 0.2) is 0 Å². The molecule has 1 spiro atoms. The van der Waals surface area contributed by atoms with Crippen LogP contribution in [0.1, 0.15) is 32.6 Å². The Morgan fingerprint density at radius 2 is 2.47 bits per heavy atom. The van der Waals surface area contributed by atoms with Crippen LogP contribution in [0.2, 0.25) is 0 Å². The second-order valence-corrected chi connectivity index (χ2v) is 5.32. The molecule has 0 amide bonds. The molecule has 0 N–H and O–H groups in total. The molecular formula is C12H19NO2. The minimum absolute atomic E-state index is 0.0742. The summed E-state index contributed by atoms with van der Waals surface area (Å²) < 4.78 is 6.11. The molecule has 3 saturated heterocycles. The summed E-state index contributed by atoms with van der Waals surface area (Å²) in [6, 6.07) is 0. The molecule has 3 heteroatoms. The molecule has 3 nitrogen and oxygen atoms in total. The molecule has 15 heavy (non-hydrogen) atoms. The normalized spacial score (nSPS) is 48.3. The van der Waals surface area contributed by atoms with Crippen molar-refractivity contribution < 1.29 is 9.53 Å². The van der Waals surface area contributed by atoms with Gasteiger partial charge in [0.25, 0.3) is 0 Å². The molecule has 0 aliphatic carbocycles. The van der Waals surface area contributed by atoms with Gasteiger partial charge in [0, 0.05) is 25.4 Å². The van der Waals surface area contributed by atoms with E-state index in [1.807, 2.05) is 0 Å². The minimum atomic E-state index is -0.0875. The lowest BCUT2D eigenvalue weighted by atomic mass is 9.85. The molecule has 0 radical (unpaired) electrons. The SMILES string of the molecule is CCC[C@H]1O[C@@]2(CC1=O)CN1CC[C@@H]2C1. The van der Waals surface area contributed by atoms with Gasteiger partial charge in [-0.1, -0.05) is 13.3 Å². The lowest BCUT2D eigenvalue weighted by molar-refractivity contribution is -0.124. The van der Waals surface area contributed by atoms with Crippen molar-refractivity contribution in [3.8, 4) is 0 Å². The summed E-state index contributed by atoms with van der Waals surface area (Å²) in [5.41, 5.74) is -0.0742. The number of piperidine rings is 1. The van der Waals surface area contributed by atoms with Gasteiger partial charge in [-0.15, -0.1) is 0 Å². The highest BCUT2D eigenvalue weighted by Gasteiger charge is 2.57. The highest BCUT2D eigenvalue weighted by Crippen LogP contribution is 2.46. The van der Waals surface area contributed by atoms with Crippen LogP contribution < -0.4 is 0 Å². The fourth-order valence-electron chi connectivity index (χ4n) is 3.53. The molecule has 0 aromatic carbocycles. The predicted molar refractivity (Wildman–Crippen MR) is 56.7 cm³/mol. The van der Waals surface area contributed by atoms with E-state index in [1.165, 1.54) is 13.0 Å². The van der Waals surface area contributed by atoms with E-state index in [1.54, 1.807) is 0 Å². The Morgan fingerprint density at radius 1 is 1.60 bits per heavy atom. The zero-order valence-electron chi connectivity index (χ0n) is 9.37. The molecule has 1 unspecified atom stereocenters. The first-order chi connectivity index (χ1) is 7.23. The molecule has 0 aromatic rings. The third-order valence-electron chi connectivity index (χ3n) is 4.27. The number of hydrogen-bond donors (Lipinski definition) is 0. The zero-order chi connectivity index (χ0) is 10.5. The predicted octanol–water partition coefficient (Wildman–Crippen LogP) is 1.22. The number of nitrogens with zero attached hydrogens (tertiary/aromatic N) is 1. The Balaban J connectivity index is 1.77. The van der Waals surface area contributed by atoms with E-state index < -0.39 is 0 Å². The largest absolute Gasteiger partial charge is 0.362 e. The summed E-state index contributed by atoms with van der Waals surface area (Å²) in [6.07, 6.45) is 3.77. The second kappa shape index (κ2) is 3.29. The summed E-state index contributed by atoms with van der Waals surface area (Å²) in [4.78, 5) is 14.3. The molecule has 4 atom stereocenters. The number of carbonyl (C=O) groups is 1. The molecule has 2 bridgehead atoms. The van der Waals surface area contributed by atoms with Gasteiger partial charge in [0.05, 0.1) is 5.60 Å². The van der Waals surface area contributed by atoms with Crippen molar-refractivity contribution >= 4 is 5.78 Å². The standard InChI is InChI=1S/C12H19NO2/c1-2-3-11-10(14)6-12(15-11)8-13-5-4-9(12)7-13/h9,11H,2-8H2,1H3/t9-,11-,12+/m1/s1. The molecule has 0 saturated carbocycles. The first kappa shape index (κ1) is 9.79. The van der Waals surface area contributed by atoms with Gasteiger partial charge >= 0.3 is 0 Å². The van der Waals surface area contributed by atoms with Crippen molar-refractivity contribution in [2.45, 2.75) is 44.3 Å². The number of rotatable bonds is 2. The Bertz CT molecular complexity index is 291. The summed E-state index contributed by atoms with van der Waals surface area (Å²) in [5, 5.41) is 0. The van der Waals surface area contributed by atoms with Crippen molar-refractivity contribution in [1.29, 1.82) is 0 Å². The lowest BCUT2D eigenvalue weighted by Gasteiger charge is -2.32. The van der Waals surface area contributed by atoms with Gasteiger partial charge in [-0.25, -0.2) is 0 Å². The third-order valence-corrected chi connectivity index (χ3v) is 4.27. The number of ketones is 1. The van der Waals surface area contributed by atoms with Gasteiger partial charge < -0.3 is 9.64 Å². The number of carbonyl (C=O) groups excluding carboxylic acids is 1. The molecule has 0 aromatic heterocycles. The molecule has 3 aliphatic heterocycles. The quantitative estimate of drug-likeness (QED) is 0.685. The van der Waals surface area contributed by atoms with Crippen molar-refractivity contribution in [2.75, 3.05) is 19.6 Å². The monoisotopic (exact) mass is 209 g/mol. The van der Waals surface area contributed by atoms with E-state index >= 15 is 0 Å². The summed E-state index contributed by atoms with van der Waals surface area (Å²) in [5.74, 6) is 0.980. The lowest BCUT2D eigenvalue weighted by Crippen LogP contribution is -2.42. The second-order valence-electron chi connectivity index (χ2n) is 5.32. The van der Waals surface area contributed by atoms with Gasteiger partial charge in [0.15, 0.2) is 5.78 Å². The third kappa shape index (κ3) is 1.36. The maximum absolute atomic E-state index is 11.9. The van der Waals surface area contributed by atoms with E-state index in [2.05, 4.69) is 11.8 Å². The van der Waals surface area contributed by atoms with E-state index in [4.69, 9.17) is 4.74 Å². The maximum atomic E-state index is 11.9. The van der Waals surface area contributed by atoms with Crippen LogP contribution >= 0.6 is 0 Å². The van der Waals surface area contributed by atoms with Crippen LogP contribution in [0.5, 0.6) is 0 Å². The van der Waals surface area contributed by atoms with Crippen molar-refractivity contribution in [1.82, 2.24) is 4.90 Å². The summed E-state index contributed by atoms with van der Waals surface area (Å²) in [7, 11) is 0. The van der Waals surface area contributed by atoms with Crippen LogP contribution in [-0.2, 0) is 9.53 Å². The number of hydrogen-bond acceptors (Lipinski definition) is 3. The minimum Gasteiger partial charge on any atom is -0.362 e. The Morgan fingerprint density at radius 3 is 3.07 bits per heavy atom. The highest BCUT2D eigenvalue weighted by molar-refractivity contribution is 5.86. The van der Waals surface area contributed by atoms with E-state index in [0.717, 1.165) is 25.9 Å². The number of fused-ring (bicyclic) bond motifs is 3. The molecule has 84 valence electrons. The maximum Gasteiger partial charge on any atom is 0.164 e. The van der Waals surface area contributed by atoms with Crippen molar-refractivity contribution in [3.05, 3.63) is 0 Å².